The predicted molar refractivity (Wildman–Crippen MR) is 126 cm³/mol. The van der Waals surface area contributed by atoms with Crippen LogP contribution < -0.4 is 15.4 Å². The summed E-state index contributed by atoms with van der Waals surface area (Å²) in [5, 5.41) is 0.683. The quantitative estimate of drug-likeness (QED) is 0.541. The molecule has 2 aliphatic heterocycles. The topological polar surface area (TPSA) is 41.7 Å². The van der Waals surface area contributed by atoms with E-state index in [9.17, 15) is 8.78 Å². The first kappa shape index (κ1) is 22.9. The third-order valence-electron chi connectivity index (χ3n) is 6.41. The number of fused-ring (bicyclic) bond motifs is 1. The zero-order chi connectivity index (χ0) is 22.7. The van der Waals surface area contributed by atoms with Crippen molar-refractivity contribution in [2.24, 2.45) is 5.92 Å². The minimum Gasteiger partial charge on any atom is -0.493 e. The molecule has 4 nitrogen and oxygen atoms in total. The van der Waals surface area contributed by atoms with Gasteiger partial charge in [0, 0.05) is 42.0 Å². The Morgan fingerprint density at radius 2 is 1.81 bits per heavy atom. The molecule has 0 aliphatic carbocycles. The molecule has 0 saturated carbocycles. The lowest BCUT2D eigenvalue weighted by molar-refractivity contribution is 0.171. The van der Waals surface area contributed by atoms with Crippen LogP contribution in [0.2, 0.25) is 5.02 Å². The Balaban J connectivity index is 1.25. The first-order valence-corrected chi connectivity index (χ1v) is 11.6. The number of aryl methyl sites for hydroxylation is 1. The fraction of sp³-hybridized carbons (Fsp3) is 0.440. The van der Waals surface area contributed by atoms with Gasteiger partial charge in [0.25, 0.3) is 0 Å². The normalized spacial score (nSPS) is 17.3. The van der Waals surface area contributed by atoms with E-state index in [2.05, 4.69) is 16.4 Å². The van der Waals surface area contributed by atoms with E-state index in [4.69, 9.17) is 22.1 Å². The first-order valence-electron chi connectivity index (χ1n) is 11.2. The number of likely N-dealkylation sites (tertiary alicyclic amines) is 1. The van der Waals surface area contributed by atoms with Gasteiger partial charge in [-0.15, -0.1) is 0 Å². The van der Waals surface area contributed by atoms with Gasteiger partial charge in [-0.05, 0) is 68.8 Å². The molecule has 1 fully saturated rings. The van der Waals surface area contributed by atoms with Crippen molar-refractivity contribution in [1.29, 1.82) is 0 Å². The standard InChI is InChI=1S/C25H30ClF2N3O/c1-17(31-7-2-3-19-11-20(26)12-24(29)25(19)31)16-30-8-4-18(5-9-30)6-10-32-23-14-21(27)13-22(28)15-23/h11-15,18H,1-10,16,29H2. The molecule has 172 valence electrons. The highest BCUT2D eigenvalue weighted by atomic mass is 35.5. The minimum absolute atomic E-state index is 0.249. The summed E-state index contributed by atoms with van der Waals surface area (Å²) in [6.07, 6.45) is 5.07. The fourth-order valence-corrected chi connectivity index (χ4v) is 5.04. The van der Waals surface area contributed by atoms with Gasteiger partial charge in [0.15, 0.2) is 0 Å². The van der Waals surface area contributed by atoms with E-state index in [-0.39, 0.29) is 5.75 Å². The number of nitrogen functional groups attached to an aromatic ring is 1. The van der Waals surface area contributed by atoms with Crippen LogP contribution >= 0.6 is 11.6 Å². The maximum atomic E-state index is 13.3. The van der Waals surface area contributed by atoms with Crippen LogP contribution in [0.15, 0.2) is 42.6 Å². The van der Waals surface area contributed by atoms with E-state index < -0.39 is 11.6 Å². The van der Waals surface area contributed by atoms with Crippen LogP contribution in [0.25, 0.3) is 0 Å². The van der Waals surface area contributed by atoms with Crippen molar-refractivity contribution in [3.05, 3.63) is 64.8 Å². The molecule has 0 spiro atoms. The van der Waals surface area contributed by atoms with Crippen molar-refractivity contribution >= 4 is 23.0 Å². The molecule has 2 N–H and O–H groups in total. The maximum absolute atomic E-state index is 13.3. The van der Waals surface area contributed by atoms with Crippen LogP contribution in [0.1, 0.15) is 31.2 Å². The molecule has 0 amide bonds. The van der Waals surface area contributed by atoms with Gasteiger partial charge >= 0.3 is 0 Å². The Morgan fingerprint density at radius 1 is 1.09 bits per heavy atom. The number of rotatable bonds is 7. The van der Waals surface area contributed by atoms with Crippen molar-refractivity contribution in [3.63, 3.8) is 0 Å². The van der Waals surface area contributed by atoms with Crippen LogP contribution in [-0.4, -0.2) is 37.7 Å². The molecule has 0 unspecified atom stereocenters. The highest BCUT2D eigenvalue weighted by Crippen LogP contribution is 2.37. The molecular formula is C25H30ClF2N3O. The summed E-state index contributed by atoms with van der Waals surface area (Å²) in [5.74, 6) is -0.436. The van der Waals surface area contributed by atoms with Gasteiger partial charge in [-0.25, -0.2) is 8.78 Å². The van der Waals surface area contributed by atoms with Gasteiger partial charge < -0.3 is 15.4 Å². The molecule has 2 aromatic rings. The number of nitrogens with zero attached hydrogens (tertiary/aromatic N) is 2. The summed E-state index contributed by atoms with van der Waals surface area (Å²) >= 11 is 6.19. The second kappa shape index (κ2) is 10.1. The third-order valence-corrected chi connectivity index (χ3v) is 6.62. The molecule has 0 bridgehead atoms. The Bertz CT molecular complexity index is 956. The van der Waals surface area contributed by atoms with Gasteiger partial charge in [0.1, 0.15) is 17.4 Å². The number of halogens is 3. The van der Waals surface area contributed by atoms with E-state index in [1.165, 1.54) is 17.7 Å². The van der Waals surface area contributed by atoms with E-state index in [1.54, 1.807) is 0 Å². The third kappa shape index (κ3) is 5.54. The monoisotopic (exact) mass is 461 g/mol. The van der Waals surface area contributed by atoms with E-state index >= 15 is 0 Å². The van der Waals surface area contributed by atoms with Crippen LogP contribution in [-0.2, 0) is 6.42 Å². The van der Waals surface area contributed by atoms with Gasteiger partial charge in [0.05, 0.1) is 18.0 Å². The largest absolute Gasteiger partial charge is 0.493 e. The van der Waals surface area contributed by atoms with E-state index in [0.717, 1.165) is 75.7 Å². The molecule has 7 heteroatoms. The molecule has 0 radical (unpaired) electrons. The molecular weight excluding hydrogens is 432 g/mol. The molecule has 2 aromatic carbocycles. The average molecular weight is 462 g/mol. The fourth-order valence-electron chi connectivity index (χ4n) is 4.79. The van der Waals surface area contributed by atoms with Crippen LogP contribution in [0, 0.1) is 17.6 Å². The van der Waals surface area contributed by atoms with Gasteiger partial charge in [-0.3, -0.25) is 4.90 Å². The lowest BCUT2D eigenvalue weighted by Gasteiger charge is -2.38. The van der Waals surface area contributed by atoms with Crippen molar-refractivity contribution in [2.75, 3.05) is 43.4 Å². The summed E-state index contributed by atoms with van der Waals surface area (Å²) < 4.78 is 32.1. The number of anilines is 2. The zero-order valence-corrected chi connectivity index (χ0v) is 19.0. The van der Waals surface area contributed by atoms with Gasteiger partial charge in [0.2, 0.25) is 0 Å². The second-order valence-corrected chi connectivity index (χ2v) is 9.22. The Kier molecular flexibility index (Phi) is 7.21. The highest BCUT2D eigenvalue weighted by molar-refractivity contribution is 6.31. The summed E-state index contributed by atoms with van der Waals surface area (Å²) in [6, 6.07) is 7.12. The van der Waals surface area contributed by atoms with Crippen LogP contribution in [0.3, 0.4) is 0 Å². The number of piperidine rings is 1. The molecule has 0 aromatic heterocycles. The van der Waals surface area contributed by atoms with Crippen molar-refractivity contribution in [3.8, 4) is 5.75 Å². The van der Waals surface area contributed by atoms with Gasteiger partial charge in [-0.1, -0.05) is 18.2 Å². The lowest BCUT2D eigenvalue weighted by atomic mass is 9.93. The predicted octanol–water partition coefficient (Wildman–Crippen LogP) is 5.65. The Morgan fingerprint density at radius 3 is 2.53 bits per heavy atom. The molecule has 1 saturated heterocycles. The number of benzene rings is 2. The molecule has 2 aliphatic rings. The van der Waals surface area contributed by atoms with Gasteiger partial charge in [-0.2, -0.15) is 0 Å². The summed E-state index contributed by atoms with van der Waals surface area (Å²) in [6.45, 7) is 8.56. The minimum atomic E-state index is -0.616. The summed E-state index contributed by atoms with van der Waals surface area (Å²) in [4.78, 5) is 4.69. The number of nitrogens with two attached hydrogens (primary N) is 1. The van der Waals surface area contributed by atoms with Crippen LogP contribution in [0.5, 0.6) is 5.75 Å². The molecule has 32 heavy (non-hydrogen) atoms. The zero-order valence-electron chi connectivity index (χ0n) is 18.3. The Labute approximate surface area is 193 Å². The molecule has 0 atom stereocenters. The summed E-state index contributed by atoms with van der Waals surface area (Å²) in [7, 11) is 0. The first-order chi connectivity index (χ1) is 15.4. The lowest BCUT2D eigenvalue weighted by Crippen LogP contribution is -2.40. The van der Waals surface area contributed by atoms with E-state index in [0.29, 0.717) is 23.2 Å². The average Bonchev–Trinajstić information content (AvgIpc) is 2.73. The number of ether oxygens (including phenoxy) is 1. The SMILES string of the molecule is C=C(CN1CCC(CCOc2cc(F)cc(F)c2)CC1)N1CCCc2cc(Cl)cc(N)c21. The number of hydrogen-bond donors (Lipinski definition) is 1. The van der Waals surface area contributed by atoms with Crippen molar-refractivity contribution in [1.82, 2.24) is 4.90 Å². The highest BCUT2D eigenvalue weighted by Gasteiger charge is 2.25. The summed E-state index contributed by atoms with van der Waals surface area (Å²) in [5.41, 5.74) is 10.3. The van der Waals surface area contributed by atoms with Crippen molar-refractivity contribution < 1.29 is 13.5 Å². The van der Waals surface area contributed by atoms with Crippen LogP contribution in [0.4, 0.5) is 20.2 Å². The van der Waals surface area contributed by atoms with Crippen molar-refractivity contribution in [2.45, 2.75) is 32.1 Å². The molecule has 4 rings (SSSR count). The maximum Gasteiger partial charge on any atom is 0.129 e. The smallest absolute Gasteiger partial charge is 0.129 e. The Hall–Kier alpha value is -2.31. The molecule has 2 heterocycles. The number of hydrogen-bond acceptors (Lipinski definition) is 4. The second-order valence-electron chi connectivity index (χ2n) is 8.79. The van der Waals surface area contributed by atoms with E-state index in [1.807, 2.05) is 12.1 Å².